The zero-order valence-electron chi connectivity index (χ0n) is 21.2. The molecule has 0 aromatic carbocycles. The zero-order valence-corrected chi connectivity index (χ0v) is 21.2. The van der Waals surface area contributed by atoms with Crippen LogP contribution in [0.5, 0.6) is 0 Å². The number of nitrogens with zero attached hydrogens (tertiary/aromatic N) is 4. The predicted octanol–water partition coefficient (Wildman–Crippen LogP) is 7.42. The number of hydrogen-bond acceptors (Lipinski definition) is 4. The largest absolute Gasteiger partial charge is 0.355 e. The van der Waals surface area contributed by atoms with Gasteiger partial charge in [0.25, 0.3) is 0 Å². The van der Waals surface area contributed by atoms with E-state index in [0.717, 1.165) is 56.2 Å². The number of aromatic amines is 2. The first-order valence-electron chi connectivity index (χ1n) is 12.5. The Morgan fingerprint density at radius 2 is 0.842 bits per heavy atom. The maximum absolute atomic E-state index is 4.62. The molecule has 0 saturated heterocycles. The van der Waals surface area contributed by atoms with Gasteiger partial charge in [0.1, 0.15) is 0 Å². The smallest absolute Gasteiger partial charge is 0.0886 e. The molecule has 6 heteroatoms. The molecule has 2 N–H and O–H groups in total. The average molecular weight is 495 g/mol. The molecule has 2 aliphatic rings. The highest BCUT2D eigenvalue weighted by Crippen LogP contribution is 2.17. The first-order valence-corrected chi connectivity index (χ1v) is 12.5. The highest BCUT2D eigenvalue weighted by atomic mass is 14.8. The number of fused-ring (bicyclic) bond motifs is 8. The highest BCUT2D eigenvalue weighted by Gasteiger charge is 2.02. The van der Waals surface area contributed by atoms with Crippen LogP contribution in [0.1, 0.15) is 33.9 Å². The van der Waals surface area contributed by atoms with E-state index in [1.54, 1.807) is 0 Å². The lowest BCUT2D eigenvalue weighted by molar-refractivity contribution is 1.20. The third-order valence-corrected chi connectivity index (χ3v) is 6.13. The van der Waals surface area contributed by atoms with Crippen molar-refractivity contribution in [3.05, 3.63) is 119 Å². The standard InChI is InChI=1S/C20H14N4.C12H12N2/c1-2-14-10-16-5-6-18(23-16)12-20-8-7-19(24-20)11-17-4-3-15(22-17)9-13(1)21-14;1-9-3-5-11(13-7-9)12-6-4-10(2)8-14-12/h1-12,21-22H;3-8H,1-2H3. The van der Waals surface area contributed by atoms with Crippen molar-refractivity contribution in [3.63, 3.8) is 0 Å². The topological polar surface area (TPSA) is 83.1 Å². The Labute approximate surface area is 220 Å². The fourth-order valence-corrected chi connectivity index (χ4v) is 4.18. The van der Waals surface area contributed by atoms with E-state index in [1.165, 1.54) is 11.1 Å². The van der Waals surface area contributed by atoms with E-state index in [2.05, 4.69) is 60.2 Å². The molecule has 0 atom stereocenters. The summed E-state index contributed by atoms with van der Waals surface area (Å²) in [6.45, 7) is 4.05. The van der Waals surface area contributed by atoms with E-state index < -0.39 is 0 Å². The lowest BCUT2D eigenvalue weighted by atomic mass is 10.2. The van der Waals surface area contributed by atoms with Crippen LogP contribution in [-0.2, 0) is 0 Å². The third kappa shape index (κ3) is 5.50. The molecular formula is C32H26N6. The van der Waals surface area contributed by atoms with Crippen molar-refractivity contribution in [2.45, 2.75) is 13.8 Å². The minimum absolute atomic E-state index is 0.915. The maximum atomic E-state index is 4.62. The van der Waals surface area contributed by atoms with Crippen molar-refractivity contribution in [2.24, 2.45) is 0 Å². The number of H-pyrrole nitrogens is 2. The first kappa shape index (κ1) is 23.3. The highest BCUT2D eigenvalue weighted by molar-refractivity contribution is 5.77. The fourth-order valence-electron chi connectivity index (χ4n) is 4.18. The second-order valence-corrected chi connectivity index (χ2v) is 9.35. The van der Waals surface area contributed by atoms with Crippen molar-refractivity contribution in [1.82, 2.24) is 29.9 Å². The normalized spacial score (nSPS) is 11.7. The Bertz CT molecular complexity index is 1690. The van der Waals surface area contributed by atoms with Gasteiger partial charge in [-0.15, -0.1) is 0 Å². The summed E-state index contributed by atoms with van der Waals surface area (Å²) in [5.41, 5.74) is 12.0. The molecule has 38 heavy (non-hydrogen) atoms. The molecule has 0 radical (unpaired) electrons. The Morgan fingerprint density at radius 1 is 0.447 bits per heavy atom. The van der Waals surface area contributed by atoms with Gasteiger partial charge < -0.3 is 9.97 Å². The fraction of sp³-hybridized carbons (Fsp3) is 0.0625. The minimum atomic E-state index is 0.915. The van der Waals surface area contributed by atoms with Gasteiger partial charge >= 0.3 is 0 Å². The number of aromatic nitrogens is 6. The summed E-state index contributed by atoms with van der Waals surface area (Å²) in [7, 11) is 0. The maximum Gasteiger partial charge on any atom is 0.0886 e. The summed E-state index contributed by atoms with van der Waals surface area (Å²) < 4.78 is 0. The number of hydrogen-bond donors (Lipinski definition) is 2. The number of nitrogens with one attached hydrogen (secondary N) is 2. The van der Waals surface area contributed by atoms with Gasteiger partial charge in [-0.1, -0.05) is 12.1 Å². The molecular weight excluding hydrogens is 468 g/mol. The predicted molar refractivity (Wildman–Crippen MR) is 156 cm³/mol. The van der Waals surface area contributed by atoms with Crippen LogP contribution in [0.25, 0.3) is 57.8 Å². The Morgan fingerprint density at radius 3 is 1.24 bits per heavy atom. The molecule has 0 saturated carbocycles. The van der Waals surface area contributed by atoms with Crippen LogP contribution in [0.4, 0.5) is 0 Å². The van der Waals surface area contributed by atoms with Gasteiger partial charge in [0, 0.05) is 34.5 Å². The van der Waals surface area contributed by atoms with Gasteiger partial charge in [-0.3, -0.25) is 9.97 Å². The third-order valence-electron chi connectivity index (χ3n) is 6.13. The van der Waals surface area contributed by atoms with Gasteiger partial charge in [-0.2, -0.15) is 0 Å². The van der Waals surface area contributed by atoms with Crippen molar-refractivity contribution in [1.29, 1.82) is 0 Å². The van der Waals surface area contributed by atoms with Crippen LogP contribution in [0.15, 0.2) is 85.2 Å². The molecule has 7 heterocycles. The van der Waals surface area contributed by atoms with Crippen LogP contribution in [0.2, 0.25) is 0 Å². The van der Waals surface area contributed by atoms with E-state index in [4.69, 9.17) is 0 Å². The van der Waals surface area contributed by atoms with Crippen molar-refractivity contribution < 1.29 is 0 Å². The average Bonchev–Trinajstić information content (AvgIpc) is 3.72. The lowest BCUT2D eigenvalue weighted by Crippen LogP contribution is -1.87. The van der Waals surface area contributed by atoms with Gasteiger partial charge in [0.05, 0.1) is 34.2 Å². The van der Waals surface area contributed by atoms with Gasteiger partial charge in [-0.25, -0.2) is 9.97 Å². The molecule has 0 unspecified atom stereocenters. The van der Waals surface area contributed by atoms with Gasteiger partial charge in [0.2, 0.25) is 0 Å². The number of pyridine rings is 2. The van der Waals surface area contributed by atoms with Crippen LogP contribution >= 0.6 is 0 Å². The van der Waals surface area contributed by atoms with E-state index in [0.29, 0.717) is 0 Å². The van der Waals surface area contributed by atoms with E-state index in [-0.39, 0.29) is 0 Å². The summed E-state index contributed by atoms with van der Waals surface area (Å²) >= 11 is 0. The van der Waals surface area contributed by atoms with Crippen molar-refractivity contribution in [3.8, 4) is 11.4 Å². The molecule has 0 spiro atoms. The minimum Gasteiger partial charge on any atom is -0.355 e. The summed E-state index contributed by atoms with van der Waals surface area (Å²) in [6.07, 6.45) is 11.8. The molecule has 0 fully saturated rings. The summed E-state index contributed by atoms with van der Waals surface area (Å²) in [5, 5.41) is 0. The number of rotatable bonds is 1. The van der Waals surface area contributed by atoms with E-state index in [9.17, 15) is 0 Å². The summed E-state index contributed by atoms with van der Waals surface area (Å²) in [6, 6.07) is 24.5. The van der Waals surface area contributed by atoms with E-state index in [1.807, 2.05) is 93.0 Å². The second-order valence-electron chi connectivity index (χ2n) is 9.35. The molecule has 5 aromatic rings. The molecule has 2 aliphatic heterocycles. The number of aryl methyl sites for hydroxylation is 2. The van der Waals surface area contributed by atoms with Crippen LogP contribution < -0.4 is 0 Å². The van der Waals surface area contributed by atoms with Crippen LogP contribution in [0, 0.1) is 13.8 Å². The Kier molecular flexibility index (Phi) is 6.20. The van der Waals surface area contributed by atoms with Crippen LogP contribution in [0.3, 0.4) is 0 Å². The quantitative estimate of drug-likeness (QED) is 0.249. The van der Waals surface area contributed by atoms with Crippen molar-refractivity contribution in [2.75, 3.05) is 0 Å². The Balaban J connectivity index is 0.000000161. The summed E-state index contributed by atoms with van der Waals surface area (Å²) in [4.78, 5) is 24.7. The first-order chi connectivity index (χ1) is 18.6. The monoisotopic (exact) mass is 494 g/mol. The molecule has 6 nitrogen and oxygen atoms in total. The van der Waals surface area contributed by atoms with Crippen molar-refractivity contribution >= 4 is 46.4 Å². The molecule has 8 bridgehead atoms. The van der Waals surface area contributed by atoms with E-state index >= 15 is 0 Å². The van der Waals surface area contributed by atoms with Gasteiger partial charge in [-0.05, 0) is 110 Å². The molecule has 5 aromatic heterocycles. The molecule has 0 aliphatic carbocycles. The molecule has 184 valence electrons. The summed E-state index contributed by atoms with van der Waals surface area (Å²) in [5.74, 6) is 0. The second kappa shape index (κ2) is 10.1. The molecule has 7 rings (SSSR count). The lowest BCUT2D eigenvalue weighted by Gasteiger charge is -2.00. The van der Waals surface area contributed by atoms with Crippen LogP contribution in [-0.4, -0.2) is 29.9 Å². The SMILES string of the molecule is C1=Cc2cc3ccc(cc4ccc(cc5nc(cc1n2)C=C5)[nH]4)[nH]3.Cc1ccc(-c2ccc(C)cn2)nc1. The molecule has 0 amide bonds. The Hall–Kier alpha value is -5.10. The zero-order chi connectivity index (χ0) is 25.9. The van der Waals surface area contributed by atoms with Gasteiger partial charge in [0.15, 0.2) is 0 Å².